The maximum Gasteiger partial charge on any atom is 0.262 e. The lowest BCUT2D eigenvalue weighted by atomic mass is 10.0. The predicted octanol–water partition coefficient (Wildman–Crippen LogP) is 0.873. The number of imide groups is 2. The van der Waals surface area contributed by atoms with E-state index >= 15 is 0 Å². The third kappa shape index (κ3) is 5.62. The molecule has 12 nitrogen and oxygen atoms in total. The van der Waals surface area contributed by atoms with Crippen molar-refractivity contribution < 1.29 is 23.9 Å². The molecule has 0 bridgehead atoms. The van der Waals surface area contributed by atoms with Crippen molar-refractivity contribution in [3.63, 3.8) is 0 Å². The Morgan fingerprint density at radius 3 is 2.27 bits per heavy atom. The van der Waals surface area contributed by atoms with Gasteiger partial charge in [-0.2, -0.15) is 0 Å². The van der Waals surface area contributed by atoms with Crippen LogP contribution in [0.4, 0.5) is 17.2 Å². The van der Waals surface area contributed by atoms with E-state index in [1.807, 2.05) is 24.4 Å². The van der Waals surface area contributed by atoms with Gasteiger partial charge in [0.1, 0.15) is 11.9 Å². The molecule has 4 aliphatic heterocycles. The average Bonchev–Trinajstić information content (AvgIpc) is 3.23. The van der Waals surface area contributed by atoms with Gasteiger partial charge in [-0.05, 0) is 49.6 Å². The van der Waals surface area contributed by atoms with Crippen LogP contribution in [0.2, 0.25) is 0 Å². The van der Waals surface area contributed by atoms with Crippen LogP contribution in [0.5, 0.6) is 0 Å². The molecule has 12 heteroatoms. The van der Waals surface area contributed by atoms with E-state index in [1.165, 1.54) is 0 Å². The van der Waals surface area contributed by atoms with Crippen LogP contribution in [-0.2, 0) is 14.3 Å². The van der Waals surface area contributed by atoms with Crippen molar-refractivity contribution in [3.05, 3.63) is 47.7 Å². The number of benzene rings is 1. The van der Waals surface area contributed by atoms with Crippen LogP contribution < -0.4 is 20.9 Å². The molecule has 0 saturated carbocycles. The Kier molecular flexibility index (Phi) is 7.59. The Bertz CT molecular complexity index is 1330. The molecule has 41 heavy (non-hydrogen) atoms. The fourth-order valence-electron chi connectivity index (χ4n) is 6.10. The molecule has 216 valence electrons. The minimum Gasteiger partial charge on any atom is -0.384 e. The number of fused-ring (bicyclic) bond motifs is 1. The molecule has 3 fully saturated rings. The van der Waals surface area contributed by atoms with Gasteiger partial charge in [0.25, 0.3) is 11.8 Å². The first-order valence-corrected chi connectivity index (χ1v) is 14.3. The molecule has 1 aromatic carbocycles. The van der Waals surface area contributed by atoms with Gasteiger partial charge in [-0.25, -0.2) is 4.98 Å². The highest BCUT2D eigenvalue weighted by Gasteiger charge is 2.44. The Hall–Kier alpha value is -4.03. The Morgan fingerprint density at radius 1 is 0.854 bits per heavy atom. The summed E-state index contributed by atoms with van der Waals surface area (Å²) < 4.78 is 6.21. The summed E-state index contributed by atoms with van der Waals surface area (Å²) in [5.74, 6) is -1.41. The lowest BCUT2D eigenvalue weighted by Crippen LogP contribution is -2.54. The average molecular weight is 562 g/mol. The quantitative estimate of drug-likeness (QED) is 0.468. The first-order valence-electron chi connectivity index (χ1n) is 14.3. The zero-order valence-electron chi connectivity index (χ0n) is 23.0. The highest BCUT2D eigenvalue weighted by atomic mass is 16.5. The molecule has 6 rings (SSSR count). The van der Waals surface area contributed by atoms with E-state index in [0.29, 0.717) is 23.6 Å². The van der Waals surface area contributed by atoms with Gasteiger partial charge in [0, 0.05) is 57.9 Å². The number of piperidine rings is 2. The number of amides is 4. The van der Waals surface area contributed by atoms with Gasteiger partial charge in [0.05, 0.1) is 35.7 Å². The fraction of sp³-hybridized carbons (Fsp3) is 0.483. The van der Waals surface area contributed by atoms with Gasteiger partial charge in [0.15, 0.2) is 0 Å². The standard InChI is InChI=1S/C29H35N7O5/c30-25-5-2-20(18-31-25)34-9-7-21(8-10-34)41-16-15-33-11-13-35(14-12-33)19-1-3-22-23(17-19)29(40)36(28(22)39)24-4-6-26(37)32-27(24)38/h1-3,5,17-18,21,24H,4,6-16H2,(H2,30,31)(H,32,37,38). The van der Waals surface area contributed by atoms with E-state index in [9.17, 15) is 19.2 Å². The summed E-state index contributed by atoms with van der Waals surface area (Å²) in [4.78, 5) is 62.1. The van der Waals surface area contributed by atoms with Crippen molar-refractivity contribution in [1.82, 2.24) is 20.1 Å². The number of hydrogen-bond donors (Lipinski definition) is 2. The number of hydrogen-bond acceptors (Lipinski definition) is 10. The second-order valence-electron chi connectivity index (χ2n) is 11.0. The first-order chi connectivity index (χ1) is 19.9. The van der Waals surface area contributed by atoms with E-state index in [2.05, 4.69) is 25.0 Å². The third-order valence-electron chi connectivity index (χ3n) is 8.50. The van der Waals surface area contributed by atoms with Gasteiger partial charge in [-0.15, -0.1) is 0 Å². The number of piperazine rings is 1. The van der Waals surface area contributed by atoms with Crippen LogP contribution in [0.25, 0.3) is 0 Å². The van der Waals surface area contributed by atoms with Crippen LogP contribution in [0, 0.1) is 0 Å². The van der Waals surface area contributed by atoms with Crippen LogP contribution >= 0.6 is 0 Å². The Labute approximate surface area is 238 Å². The summed E-state index contributed by atoms with van der Waals surface area (Å²) in [5, 5.41) is 2.23. The minimum absolute atomic E-state index is 0.103. The Balaban J connectivity index is 0.960. The summed E-state index contributed by atoms with van der Waals surface area (Å²) >= 11 is 0. The largest absolute Gasteiger partial charge is 0.384 e. The zero-order valence-corrected chi connectivity index (χ0v) is 23.0. The number of pyridine rings is 1. The molecule has 1 aromatic heterocycles. The van der Waals surface area contributed by atoms with Crippen molar-refractivity contribution in [3.8, 4) is 0 Å². The van der Waals surface area contributed by atoms with E-state index in [4.69, 9.17) is 10.5 Å². The van der Waals surface area contributed by atoms with E-state index < -0.39 is 23.8 Å². The molecular formula is C29H35N7O5. The van der Waals surface area contributed by atoms with Crippen molar-refractivity contribution >= 4 is 40.8 Å². The number of ether oxygens (including phenoxy) is 1. The maximum absolute atomic E-state index is 13.2. The highest BCUT2D eigenvalue weighted by molar-refractivity contribution is 6.23. The molecule has 0 aliphatic carbocycles. The number of rotatable bonds is 7. The second kappa shape index (κ2) is 11.5. The summed E-state index contributed by atoms with van der Waals surface area (Å²) in [5.41, 5.74) is 8.29. The molecule has 4 amide bonds. The fourth-order valence-corrected chi connectivity index (χ4v) is 6.10. The molecular weight excluding hydrogens is 526 g/mol. The normalized spacial score (nSPS) is 22.3. The summed E-state index contributed by atoms with van der Waals surface area (Å²) in [6, 6.07) is 8.19. The number of anilines is 3. The minimum atomic E-state index is -0.956. The monoisotopic (exact) mass is 561 g/mol. The molecule has 2 aromatic rings. The SMILES string of the molecule is Nc1ccc(N2CCC(OCCN3CCN(c4ccc5c(c4)C(=O)N(C4CCC(=O)NC4=O)C5=O)CC3)CC2)cn1. The lowest BCUT2D eigenvalue weighted by molar-refractivity contribution is -0.136. The summed E-state index contributed by atoms with van der Waals surface area (Å²) in [6.07, 6.45) is 4.31. The van der Waals surface area contributed by atoms with Crippen molar-refractivity contribution in [1.29, 1.82) is 0 Å². The first kappa shape index (κ1) is 27.2. The van der Waals surface area contributed by atoms with Crippen LogP contribution in [0.1, 0.15) is 46.4 Å². The van der Waals surface area contributed by atoms with E-state index in [1.54, 1.807) is 12.1 Å². The van der Waals surface area contributed by atoms with Crippen molar-refractivity contribution in [2.45, 2.75) is 37.8 Å². The highest BCUT2D eigenvalue weighted by Crippen LogP contribution is 2.31. The lowest BCUT2D eigenvalue weighted by Gasteiger charge is -2.37. The van der Waals surface area contributed by atoms with Gasteiger partial charge in [-0.1, -0.05) is 0 Å². The summed E-state index contributed by atoms with van der Waals surface area (Å²) in [6.45, 7) is 6.78. The molecule has 3 saturated heterocycles. The number of nitrogen functional groups attached to an aromatic ring is 1. The molecule has 4 aliphatic rings. The van der Waals surface area contributed by atoms with E-state index in [-0.39, 0.29) is 24.9 Å². The van der Waals surface area contributed by atoms with E-state index in [0.717, 1.165) is 74.9 Å². The molecule has 1 unspecified atom stereocenters. The second-order valence-corrected chi connectivity index (χ2v) is 11.0. The molecule has 0 spiro atoms. The van der Waals surface area contributed by atoms with Crippen LogP contribution in [0.3, 0.4) is 0 Å². The predicted molar refractivity (Wildman–Crippen MR) is 152 cm³/mol. The van der Waals surface area contributed by atoms with Gasteiger partial charge < -0.3 is 20.3 Å². The van der Waals surface area contributed by atoms with Gasteiger partial charge in [0.2, 0.25) is 11.8 Å². The van der Waals surface area contributed by atoms with Gasteiger partial charge in [-0.3, -0.25) is 34.3 Å². The number of nitrogens with one attached hydrogen (secondary N) is 1. The number of aromatic nitrogens is 1. The number of nitrogens with two attached hydrogens (primary N) is 1. The molecule has 0 radical (unpaired) electrons. The van der Waals surface area contributed by atoms with Crippen LogP contribution in [0.15, 0.2) is 36.5 Å². The maximum atomic E-state index is 13.2. The van der Waals surface area contributed by atoms with Gasteiger partial charge >= 0.3 is 0 Å². The van der Waals surface area contributed by atoms with Crippen molar-refractivity contribution in [2.75, 3.05) is 68.0 Å². The molecule has 1 atom stereocenters. The van der Waals surface area contributed by atoms with Crippen LogP contribution in [-0.4, -0.2) is 103 Å². The Morgan fingerprint density at radius 2 is 1.56 bits per heavy atom. The topological polar surface area (TPSA) is 141 Å². The van der Waals surface area contributed by atoms with Crippen molar-refractivity contribution in [2.24, 2.45) is 0 Å². The smallest absolute Gasteiger partial charge is 0.262 e. The number of carbonyl (C=O) groups is 4. The molecule has 3 N–H and O–H groups in total. The molecule has 5 heterocycles. The summed E-state index contributed by atoms with van der Waals surface area (Å²) in [7, 11) is 0. The zero-order chi connectivity index (χ0) is 28.5. The third-order valence-corrected chi connectivity index (χ3v) is 8.50. The number of carbonyl (C=O) groups excluding carboxylic acids is 4. The number of nitrogens with zero attached hydrogens (tertiary/aromatic N) is 5.